The lowest BCUT2D eigenvalue weighted by molar-refractivity contribution is 0.171. The van der Waals surface area contributed by atoms with E-state index in [4.69, 9.17) is 0 Å². The maximum atomic E-state index is 2.50. The Hall–Kier alpha value is -0.0400. The lowest BCUT2D eigenvalue weighted by Gasteiger charge is -2.31. The number of nitrogens with zero attached hydrogens (tertiary/aromatic N) is 1. The zero-order valence-electron chi connectivity index (χ0n) is 9.65. The molecular weight excluding hydrogens is 146 g/mol. The van der Waals surface area contributed by atoms with Crippen molar-refractivity contribution in [2.24, 2.45) is 11.3 Å². The van der Waals surface area contributed by atoms with Crippen molar-refractivity contribution in [2.75, 3.05) is 19.6 Å². The third-order valence-corrected chi connectivity index (χ3v) is 2.90. The predicted molar refractivity (Wildman–Crippen MR) is 56.4 cm³/mol. The molecular formula is C11H25N. The van der Waals surface area contributed by atoms with Crippen molar-refractivity contribution >= 4 is 0 Å². The van der Waals surface area contributed by atoms with Crippen molar-refractivity contribution < 1.29 is 0 Å². The average Bonchev–Trinajstić information content (AvgIpc) is 1.97. The Bertz CT molecular complexity index is 109. The van der Waals surface area contributed by atoms with Gasteiger partial charge < -0.3 is 4.90 Å². The Morgan fingerprint density at radius 3 is 1.75 bits per heavy atom. The monoisotopic (exact) mass is 171 g/mol. The largest absolute Gasteiger partial charge is 0.304 e. The molecule has 0 aliphatic rings. The SMILES string of the molecule is CCN(CC)CC(C)C(C)(C)C. The molecule has 0 spiro atoms. The van der Waals surface area contributed by atoms with Crippen LogP contribution >= 0.6 is 0 Å². The molecule has 74 valence electrons. The van der Waals surface area contributed by atoms with E-state index in [9.17, 15) is 0 Å². The summed E-state index contributed by atoms with van der Waals surface area (Å²) in [6.45, 7) is 17.4. The van der Waals surface area contributed by atoms with Gasteiger partial charge in [0.25, 0.3) is 0 Å². The zero-order valence-corrected chi connectivity index (χ0v) is 9.65. The molecule has 0 aliphatic heterocycles. The summed E-state index contributed by atoms with van der Waals surface area (Å²) in [4.78, 5) is 2.50. The van der Waals surface area contributed by atoms with Gasteiger partial charge in [-0.15, -0.1) is 0 Å². The molecule has 0 heterocycles. The molecule has 0 bridgehead atoms. The van der Waals surface area contributed by atoms with Crippen LogP contribution in [0.4, 0.5) is 0 Å². The molecule has 1 atom stereocenters. The molecule has 0 rings (SSSR count). The summed E-state index contributed by atoms with van der Waals surface area (Å²) in [5, 5.41) is 0. The van der Waals surface area contributed by atoms with E-state index in [1.807, 2.05) is 0 Å². The van der Waals surface area contributed by atoms with Crippen molar-refractivity contribution in [3.8, 4) is 0 Å². The van der Waals surface area contributed by atoms with Crippen LogP contribution in [0.25, 0.3) is 0 Å². The fourth-order valence-corrected chi connectivity index (χ4v) is 1.14. The molecule has 0 aromatic carbocycles. The minimum absolute atomic E-state index is 0.447. The Morgan fingerprint density at radius 2 is 1.50 bits per heavy atom. The molecule has 0 aliphatic carbocycles. The molecule has 0 aromatic rings. The second-order valence-corrected chi connectivity index (χ2v) is 4.75. The fourth-order valence-electron chi connectivity index (χ4n) is 1.14. The average molecular weight is 171 g/mol. The van der Waals surface area contributed by atoms with E-state index in [1.165, 1.54) is 19.6 Å². The third-order valence-electron chi connectivity index (χ3n) is 2.90. The Labute approximate surface area is 78.1 Å². The summed E-state index contributed by atoms with van der Waals surface area (Å²) < 4.78 is 0. The van der Waals surface area contributed by atoms with Gasteiger partial charge in [0.05, 0.1) is 0 Å². The zero-order chi connectivity index (χ0) is 9.78. The van der Waals surface area contributed by atoms with Crippen LogP contribution in [0.3, 0.4) is 0 Å². The highest BCUT2D eigenvalue weighted by molar-refractivity contribution is 4.72. The topological polar surface area (TPSA) is 3.24 Å². The standard InChI is InChI=1S/C11H25N/c1-7-12(8-2)9-10(3)11(4,5)6/h10H,7-9H2,1-6H3. The van der Waals surface area contributed by atoms with Crippen molar-refractivity contribution in [2.45, 2.75) is 41.5 Å². The molecule has 0 aromatic heterocycles. The number of hydrogen-bond acceptors (Lipinski definition) is 1. The van der Waals surface area contributed by atoms with Crippen LogP contribution in [-0.4, -0.2) is 24.5 Å². The second-order valence-electron chi connectivity index (χ2n) is 4.75. The van der Waals surface area contributed by atoms with Gasteiger partial charge in [0.2, 0.25) is 0 Å². The van der Waals surface area contributed by atoms with Crippen LogP contribution in [-0.2, 0) is 0 Å². The van der Waals surface area contributed by atoms with Gasteiger partial charge in [0, 0.05) is 6.54 Å². The van der Waals surface area contributed by atoms with Crippen molar-refractivity contribution in [1.82, 2.24) is 4.90 Å². The van der Waals surface area contributed by atoms with Crippen molar-refractivity contribution in [1.29, 1.82) is 0 Å². The Morgan fingerprint density at radius 1 is 1.08 bits per heavy atom. The molecule has 1 nitrogen and oxygen atoms in total. The van der Waals surface area contributed by atoms with Crippen LogP contribution in [0.1, 0.15) is 41.5 Å². The van der Waals surface area contributed by atoms with Gasteiger partial charge in [0.1, 0.15) is 0 Å². The van der Waals surface area contributed by atoms with Crippen molar-refractivity contribution in [3.05, 3.63) is 0 Å². The summed E-state index contributed by atoms with van der Waals surface area (Å²) in [5.74, 6) is 0.775. The molecule has 12 heavy (non-hydrogen) atoms. The maximum absolute atomic E-state index is 2.50. The van der Waals surface area contributed by atoms with E-state index >= 15 is 0 Å². The lowest BCUT2D eigenvalue weighted by atomic mass is 9.82. The minimum atomic E-state index is 0.447. The predicted octanol–water partition coefficient (Wildman–Crippen LogP) is 3.01. The normalized spacial score (nSPS) is 15.2. The van der Waals surface area contributed by atoms with Gasteiger partial charge in [-0.3, -0.25) is 0 Å². The molecule has 0 radical (unpaired) electrons. The van der Waals surface area contributed by atoms with Gasteiger partial charge in [-0.2, -0.15) is 0 Å². The van der Waals surface area contributed by atoms with Crippen LogP contribution < -0.4 is 0 Å². The quantitative estimate of drug-likeness (QED) is 0.628. The van der Waals surface area contributed by atoms with Gasteiger partial charge in [-0.25, -0.2) is 0 Å². The fraction of sp³-hybridized carbons (Fsp3) is 1.00. The van der Waals surface area contributed by atoms with Crippen LogP contribution in [0.2, 0.25) is 0 Å². The van der Waals surface area contributed by atoms with E-state index in [1.54, 1.807) is 0 Å². The summed E-state index contributed by atoms with van der Waals surface area (Å²) >= 11 is 0. The van der Waals surface area contributed by atoms with Gasteiger partial charge >= 0.3 is 0 Å². The van der Waals surface area contributed by atoms with Crippen LogP contribution in [0.15, 0.2) is 0 Å². The molecule has 0 saturated heterocycles. The highest BCUT2D eigenvalue weighted by Gasteiger charge is 2.21. The van der Waals surface area contributed by atoms with Gasteiger partial charge in [-0.1, -0.05) is 41.5 Å². The number of hydrogen-bond donors (Lipinski definition) is 0. The molecule has 1 unspecified atom stereocenters. The van der Waals surface area contributed by atoms with Crippen LogP contribution in [0, 0.1) is 11.3 Å². The summed E-state index contributed by atoms with van der Waals surface area (Å²) in [6.07, 6.45) is 0. The van der Waals surface area contributed by atoms with E-state index < -0.39 is 0 Å². The van der Waals surface area contributed by atoms with Crippen molar-refractivity contribution in [3.63, 3.8) is 0 Å². The van der Waals surface area contributed by atoms with Gasteiger partial charge in [0.15, 0.2) is 0 Å². The first-order valence-corrected chi connectivity index (χ1v) is 5.14. The summed E-state index contributed by atoms with van der Waals surface area (Å²) in [7, 11) is 0. The number of rotatable bonds is 4. The highest BCUT2D eigenvalue weighted by Crippen LogP contribution is 2.25. The Balaban J connectivity index is 3.90. The third kappa shape index (κ3) is 4.10. The van der Waals surface area contributed by atoms with E-state index in [-0.39, 0.29) is 0 Å². The first-order chi connectivity index (χ1) is 5.41. The second kappa shape index (κ2) is 4.86. The molecule has 0 N–H and O–H groups in total. The first-order valence-electron chi connectivity index (χ1n) is 5.14. The van der Waals surface area contributed by atoms with E-state index in [0.717, 1.165) is 5.92 Å². The van der Waals surface area contributed by atoms with Crippen LogP contribution in [0.5, 0.6) is 0 Å². The Kier molecular flexibility index (Phi) is 4.84. The highest BCUT2D eigenvalue weighted by atomic mass is 15.1. The molecule has 0 fully saturated rings. The first kappa shape index (κ1) is 12.0. The van der Waals surface area contributed by atoms with E-state index in [0.29, 0.717) is 5.41 Å². The van der Waals surface area contributed by atoms with Gasteiger partial charge in [-0.05, 0) is 24.4 Å². The lowest BCUT2D eigenvalue weighted by Crippen LogP contribution is -2.33. The minimum Gasteiger partial charge on any atom is -0.304 e. The summed E-state index contributed by atoms with van der Waals surface area (Å²) in [5.41, 5.74) is 0.447. The molecule has 1 heteroatoms. The maximum Gasteiger partial charge on any atom is 0.00118 e. The smallest absolute Gasteiger partial charge is 0.00118 e. The molecule has 0 saturated carbocycles. The molecule has 0 amide bonds. The van der Waals surface area contributed by atoms with E-state index in [2.05, 4.69) is 46.4 Å². The summed E-state index contributed by atoms with van der Waals surface area (Å²) in [6, 6.07) is 0.